The van der Waals surface area contributed by atoms with Gasteiger partial charge in [0.05, 0.1) is 11.4 Å². The zero-order chi connectivity index (χ0) is 21.3. The van der Waals surface area contributed by atoms with Crippen LogP contribution in [0.5, 0.6) is 0 Å². The standard InChI is InChI=1S/C19H19F2N5O3S/c1-25-17(15-5-4-12(29-15)10-26-6-2-3-7-26)22-23-19(25)30-16-13(20)8-11(9-14(16)21)18(27)24-28/h4-5,8-9,28H,2-3,6-7,10H2,1H3,(H,24,27). The molecule has 1 aliphatic heterocycles. The maximum Gasteiger partial charge on any atom is 0.274 e. The van der Waals surface area contributed by atoms with Crippen LogP contribution in [0, 0.1) is 11.6 Å². The lowest BCUT2D eigenvalue weighted by molar-refractivity contribution is 0.0705. The Morgan fingerprint density at radius 1 is 1.23 bits per heavy atom. The average Bonchev–Trinajstić information content (AvgIpc) is 3.47. The summed E-state index contributed by atoms with van der Waals surface area (Å²) in [4.78, 5) is 13.4. The number of carbonyl (C=O) groups is 1. The Labute approximate surface area is 174 Å². The summed E-state index contributed by atoms with van der Waals surface area (Å²) in [6.45, 7) is 2.83. The number of aromatic nitrogens is 3. The fourth-order valence-corrected chi connectivity index (χ4v) is 4.11. The molecule has 0 radical (unpaired) electrons. The van der Waals surface area contributed by atoms with Crippen molar-refractivity contribution >= 4 is 17.7 Å². The zero-order valence-corrected chi connectivity index (χ0v) is 16.9. The normalized spacial score (nSPS) is 14.4. The molecule has 1 aliphatic rings. The number of benzene rings is 1. The maximum absolute atomic E-state index is 14.3. The van der Waals surface area contributed by atoms with Crippen molar-refractivity contribution in [3.05, 3.63) is 47.2 Å². The minimum atomic E-state index is -1.01. The van der Waals surface area contributed by atoms with Crippen molar-refractivity contribution < 1.29 is 23.2 Å². The number of amides is 1. The second kappa shape index (κ2) is 8.54. The van der Waals surface area contributed by atoms with Crippen molar-refractivity contribution in [3.63, 3.8) is 0 Å². The first-order chi connectivity index (χ1) is 14.5. The van der Waals surface area contributed by atoms with Gasteiger partial charge in [0.25, 0.3) is 5.91 Å². The SMILES string of the molecule is Cn1c(Sc2c(F)cc(C(=O)NO)cc2F)nnc1-c1ccc(CN2CCCC2)o1. The number of hydroxylamine groups is 1. The predicted octanol–water partition coefficient (Wildman–Crippen LogP) is 3.22. The van der Waals surface area contributed by atoms with Crippen molar-refractivity contribution in [2.24, 2.45) is 7.05 Å². The molecule has 8 nitrogen and oxygen atoms in total. The summed E-state index contributed by atoms with van der Waals surface area (Å²) in [6, 6.07) is 5.36. The Bertz CT molecular complexity index is 1060. The number of nitrogens with zero attached hydrogens (tertiary/aromatic N) is 4. The molecule has 158 valence electrons. The second-order valence-electron chi connectivity index (χ2n) is 6.93. The number of halogens is 2. The molecule has 3 aromatic rings. The molecule has 2 aromatic heterocycles. The highest BCUT2D eigenvalue weighted by molar-refractivity contribution is 7.99. The molecule has 0 atom stereocenters. The first kappa shape index (κ1) is 20.5. The Kier molecular flexibility index (Phi) is 5.84. The van der Waals surface area contributed by atoms with Gasteiger partial charge in [-0.3, -0.25) is 14.9 Å². The average molecular weight is 435 g/mol. The van der Waals surface area contributed by atoms with Crippen LogP contribution in [0.25, 0.3) is 11.6 Å². The van der Waals surface area contributed by atoms with E-state index in [4.69, 9.17) is 9.62 Å². The van der Waals surface area contributed by atoms with E-state index in [0.717, 1.165) is 49.3 Å². The molecule has 0 aliphatic carbocycles. The van der Waals surface area contributed by atoms with Gasteiger partial charge in [-0.1, -0.05) is 0 Å². The highest BCUT2D eigenvalue weighted by Crippen LogP contribution is 2.33. The van der Waals surface area contributed by atoms with Gasteiger partial charge in [0.15, 0.2) is 16.7 Å². The van der Waals surface area contributed by atoms with Crippen molar-refractivity contribution in [1.82, 2.24) is 25.1 Å². The summed E-state index contributed by atoms with van der Waals surface area (Å²) in [5, 5.41) is 17.0. The Balaban J connectivity index is 1.54. The molecule has 11 heteroatoms. The topological polar surface area (TPSA) is 96.4 Å². The summed E-state index contributed by atoms with van der Waals surface area (Å²) in [6.07, 6.45) is 2.38. The van der Waals surface area contributed by atoms with Crippen LogP contribution in [0.4, 0.5) is 8.78 Å². The highest BCUT2D eigenvalue weighted by Gasteiger charge is 2.21. The quantitative estimate of drug-likeness (QED) is 0.453. The van der Waals surface area contributed by atoms with E-state index in [2.05, 4.69) is 15.1 Å². The van der Waals surface area contributed by atoms with Gasteiger partial charge in [-0.25, -0.2) is 14.3 Å². The molecule has 1 saturated heterocycles. The summed E-state index contributed by atoms with van der Waals surface area (Å²) in [5.41, 5.74) is 1.00. The van der Waals surface area contributed by atoms with Gasteiger partial charge in [-0.05, 0) is 62.0 Å². The monoisotopic (exact) mass is 435 g/mol. The van der Waals surface area contributed by atoms with E-state index in [1.165, 1.54) is 18.3 Å². The van der Waals surface area contributed by atoms with Crippen molar-refractivity contribution in [1.29, 1.82) is 0 Å². The first-order valence-electron chi connectivity index (χ1n) is 9.28. The molecule has 0 saturated carbocycles. The van der Waals surface area contributed by atoms with E-state index >= 15 is 0 Å². The fourth-order valence-electron chi connectivity index (χ4n) is 3.31. The molecule has 2 N–H and O–H groups in total. The Morgan fingerprint density at radius 3 is 2.60 bits per heavy atom. The zero-order valence-electron chi connectivity index (χ0n) is 16.1. The second-order valence-corrected chi connectivity index (χ2v) is 7.90. The molecular weight excluding hydrogens is 416 g/mol. The number of hydrogen-bond donors (Lipinski definition) is 2. The molecule has 0 bridgehead atoms. The van der Waals surface area contributed by atoms with Gasteiger partial charge in [-0.2, -0.15) is 0 Å². The molecule has 1 amide bonds. The van der Waals surface area contributed by atoms with Crippen LogP contribution in [0.1, 0.15) is 29.0 Å². The van der Waals surface area contributed by atoms with Gasteiger partial charge >= 0.3 is 0 Å². The molecular formula is C19H19F2N5O3S. The van der Waals surface area contributed by atoms with Gasteiger partial charge in [-0.15, -0.1) is 10.2 Å². The number of furan rings is 1. The summed E-state index contributed by atoms with van der Waals surface area (Å²) >= 11 is 0.739. The summed E-state index contributed by atoms with van der Waals surface area (Å²) < 4.78 is 36.2. The third-order valence-electron chi connectivity index (χ3n) is 4.85. The Morgan fingerprint density at radius 2 is 1.93 bits per heavy atom. The lowest BCUT2D eigenvalue weighted by Gasteiger charge is -2.11. The minimum absolute atomic E-state index is 0.250. The van der Waals surface area contributed by atoms with Gasteiger partial charge in [0, 0.05) is 12.6 Å². The Hall–Kier alpha value is -2.76. The number of nitrogens with one attached hydrogen (secondary N) is 1. The molecule has 0 spiro atoms. The first-order valence-corrected chi connectivity index (χ1v) is 10.1. The third-order valence-corrected chi connectivity index (χ3v) is 5.98. The van der Waals surface area contributed by atoms with Crippen LogP contribution in [-0.2, 0) is 13.6 Å². The number of carbonyl (C=O) groups excluding carboxylic acids is 1. The van der Waals surface area contributed by atoms with Crippen LogP contribution in [0.2, 0.25) is 0 Å². The number of rotatable bonds is 6. The van der Waals surface area contributed by atoms with Crippen molar-refractivity contribution in [2.75, 3.05) is 13.1 Å². The third kappa shape index (κ3) is 4.09. The smallest absolute Gasteiger partial charge is 0.274 e. The van der Waals surface area contributed by atoms with Crippen molar-refractivity contribution in [3.8, 4) is 11.6 Å². The molecule has 1 aromatic carbocycles. The van der Waals surface area contributed by atoms with Crippen molar-refractivity contribution in [2.45, 2.75) is 29.4 Å². The number of likely N-dealkylation sites (tertiary alicyclic amines) is 1. The van der Waals surface area contributed by atoms with Crippen LogP contribution in [0.15, 0.2) is 38.7 Å². The van der Waals surface area contributed by atoms with Gasteiger partial charge in [0.1, 0.15) is 17.4 Å². The van der Waals surface area contributed by atoms with E-state index in [0.29, 0.717) is 11.6 Å². The van der Waals surface area contributed by atoms with Crippen LogP contribution < -0.4 is 5.48 Å². The minimum Gasteiger partial charge on any atom is -0.456 e. The molecule has 1 fully saturated rings. The van der Waals surface area contributed by atoms with E-state index in [9.17, 15) is 13.6 Å². The summed E-state index contributed by atoms with van der Waals surface area (Å²) in [5.74, 6) is -1.14. The lowest BCUT2D eigenvalue weighted by atomic mass is 10.2. The van der Waals surface area contributed by atoms with E-state index in [-0.39, 0.29) is 15.6 Å². The molecule has 3 heterocycles. The fraction of sp³-hybridized carbons (Fsp3) is 0.316. The van der Waals surface area contributed by atoms with E-state index in [1.807, 2.05) is 6.07 Å². The van der Waals surface area contributed by atoms with Crippen LogP contribution >= 0.6 is 11.8 Å². The molecule has 30 heavy (non-hydrogen) atoms. The summed E-state index contributed by atoms with van der Waals surface area (Å²) in [7, 11) is 1.67. The molecule has 4 rings (SSSR count). The predicted molar refractivity (Wildman–Crippen MR) is 103 cm³/mol. The lowest BCUT2D eigenvalue weighted by Crippen LogP contribution is -2.19. The highest BCUT2D eigenvalue weighted by atomic mass is 32.2. The maximum atomic E-state index is 14.3. The van der Waals surface area contributed by atoms with E-state index in [1.54, 1.807) is 17.7 Å². The van der Waals surface area contributed by atoms with Gasteiger partial charge < -0.3 is 8.98 Å². The van der Waals surface area contributed by atoms with Gasteiger partial charge in [0.2, 0.25) is 0 Å². The van der Waals surface area contributed by atoms with Crippen LogP contribution in [-0.4, -0.2) is 43.9 Å². The van der Waals surface area contributed by atoms with Crippen LogP contribution in [0.3, 0.4) is 0 Å². The van der Waals surface area contributed by atoms with E-state index < -0.39 is 17.5 Å². The number of hydrogen-bond acceptors (Lipinski definition) is 7. The largest absolute Gasteiger partial charge is 0.456 e. The molecule has 0 unspecified atom stereocenters.